The minimum absolute atomic E-state index is 0.0911. The molecule has 0 bridgehead atoms. The highest BCUT2D eigenvalue weighted by atomic mass is 32.2. The molecular weight excluding hydrogens is 258 g/mol. The maximum Gasteiger partial charge on any atom is 0.257 e. The van der Waals surface area contributed by atoms with Crippen molar-refractivity contribution in [1.29, 1.82) is 0 Å². The van der Waals surface area contributed by atoms with Crippen molar-refractivity contribution in [1.82, 2.24) is 14.9 Å². The molecule has 0 amide bonds. The van der Waals surface area contributed by atoms with E-state index in [1.165, 1.54) is 6.20 Å². The molecule has 0 spiro atoms. The number of hydrogen-bond donors (Lipinski definition) is 3. The van der Waals surface area contributed by atoms with Crippen molar-refractivity contribution < 1.29 is 18.3 Å². The van der Waals surface area contributed by atoms with Crippen molar-refractivity contribution in [3.05, 3.63) is 11.8 Å². The van der Waals surface area contributed by atoms with E-state index in [-0.39, 0.29) is 23.7 Å². The van der Waals surface area contributed by atoms with Gasteiger partial charge in [-0.15, -0.1) is 0 Å². The molecule has 2 rings (SSSR count). The molecule has 1 fully saturated rings. The zero-order valence-corrected chi connectivity index (χ0v) is 11.0. The summed E-state index contributed by atoms with van der Waals surface area (Å²) in [5, 5.41) is 14.9. The Morgan fingerprint density at radius 1 is 1.67 bits per heavy atom. The molecule has 102 valence electrons. The third kappa shape index (κ3) is 2.72. The second-order valence-corrected chi connectivity index (χ2v) is 6.31. The summed E-state index contributed by atoms with van der Waals surface area (Å²) in [5.41, 5.74) is -0.202. The van der Waals surface area contributed by atoms with Gasteiger partial charge in [0.05, 0.1) is 18.4 Å². The molecule has 1 aliphatic rings. The predicted octanol–water partition coefficient (Wildman–Crippen LogP) is -0.251. The Balaban J connectivity index is 2.08. The topological polar surface area (TPSA) is 104 Å². The number of ether oxygens (including phenoxy) is 1. The Morgan fingerprint density at radius 3 is 3.06 bits per heavy atom. The Kier molecular flexibility index (Phi) is 3.71. The number of hydrogen-bond acceptors (Lipinski definition) is 5. The fourth-order valence-corrected chi connectivity index (χ4v) is 3.22. The first-order chi connectivity index (χ1) is 8.47. The third-order valence-corrected chi connectivity index (χ3v) is 4.47. The van der Waals surface area contributed by atoms with Crippen LogP contribution in [-0.2, 0) is 21.4 Å². The van der Waals surface area contributed by atoms with Crippen LogP contribution in [0.5, 0.6) is 0 Å². The second-order valence-electron chi connectivity index (χ2n) is 4.61. The van der Waals surface area contributed by atoms with Crippen LogP contribution in [0.1, 0.15) is 25.3 Å². The fourth-order valence-electron chi connectivity index (χ4n) is 1.94. The molecule has 3 N–H and O–H groups in total. The zero-order chi connectivity index (χ0) is 13.2. The quantitative estimate of drug-likeness (QED) is 0.687. The van der Waals surface area contributed by atoms with E-state index < -0.39 is 15.6 Å². The molecule has 8 heteroatoms. The number of rotatable bonds is 5. The normalized spacial score (nSPS) is 24.6. The summed E-state index contributed by atoms with van der Waals surface area (Å²) in [6.45, 7) is 2.37. The van der Waals surface area contributed by atoms with Gasteiger partial charge in [-0.3, -0.25) is 5.10 Å². The van der Waals surface area contributed by atoms with Gasteiger partial charge in [-0.25, -0.2) is 13.1 Å². The summed E-state index contributed by atoms with van der Waals surface area (Å²) in [4.78, 5) is 0. The van der Waals surface area contributed by atoms with Crippen LogP contribution in [0.2, 0.25) is 0 Å². The van der Waals surface area contributed by atoms with Crippen molar-refractivity contribution in [2.24, 2.45) is 0 Å². The number of nitrogens with one attached hydrogen (secondary N) is 2. The van der Waals surface area contributed by atoms with Gasteiger partial charge in [0, 0.05) is 18.7 Å². The van der Waals surface area contributed by atoms with Crippen molar-refractivity contribution in [2.45, 2.75) is 37.0 Å². The molecule has 18 heavy (non-hydrogen) atoms. The van der Waals surface area contributed by atoms with Crippen LogP contribution < -0.4 is 4.72 Å². The number of aromatic amines is 1. The first kappa shape index (κ1) is 13.5. The molecule has 0 aliphatic carbocycles. The van der Waals surface area contributed by atoms with Crippen LogP contribution in [0, 0.1) is 0 Å². The Labute approximate surface area is 106 Å². The lowest BCUT2D eigenvalue weighted by atomic mass is 10.0. The summed E-state index contributed by atoms with van der Waals surface area (Å²) in [6.07, 6.45) is 3.05. The fraction of sp³-hybridized carbons (Fsp3) is 0.700. The highest BCUT2D eigenvalue weighted by Gasteiger charge is 2.32. The first-order valence-electron chi connectivity index (χ1n) is 5.74. The van der Waals surface area contributed by atoms with E-state index in [0.717, 1.165) is 12.8 Å². The lowest BCUT2D eigenvalue weighted by Crippen LogP contribution is -2.40. The maximum absolute atomic E-state index is 12.0. The van der Waals surface area contributed by atoms with E-state index in [9.17, 15) is 8.42 Å². The van der Waals surface area contributed by atoms with Crippen molar-refractivity contribution >= 4 is 10.0 Å². The molecule has 1 aliphatic heterocycles. The summed E-state index contributed by atoms with van der Waals surface area (Å²) in [5.74, 6) is 0. The van der Waals surface area contributed by atoms with E-state index >= 15 is 0 Å². The van der Waals surface area contributed by atoms with Gasteiger partial charge < -0.3 is 9.84 Å². The number of nitrogens with zero attached hydrogens (tertiary/aromatic N) is 1. The molecule has 1 unspecified atom stereocenters. The molecule has 0 radical (unpaired) electrons. The van der Waals surface area contributed by atoms with Gasteiger partial charge in [-0.05, 0) is 19.8 Å². The Bertz CT molecular complexity index is 505. The van der Waals surface area contributed by atoms with Gasteiger partial charge in [0.15, 0.2) is 5.03 Å². The SMILES string of the molecule is CC1(CNS(=O)(=O)c2[nH]ncc2CO)CCCO1. The van der Waals surface area contributed by atoms with Crippen molar-refractivity contribution in [3.63, 3.8) is 0 Å². The standard InChI is InChI=1S/C10H17N3O4S/c1-10(3-2-4-17-10)7-12-18(15,16)9-8(6-14)5-11-13-9/h5,12,14H,2-4,6-7H2,1H3,(H,11,13). The maximum atomic E-state index is 12.0. The molecule has 1 aromatic rings. The van der Waals surface area contributed by atoms with Crippen molar-refractivity contribution in [2.75, 3.05) is 13.2 Å². The molecular formula is C10H17N3O4S. The Hall–Kier alpha value is -0.960. The van der Waals surface area contributed by atoms with Crippen molar-refractivity contribution in [3.8, 4) is 0 Å². The number of sulfonamides is 1. The number of aromatic nitrogens is 2. The average Bonchev–Trinajstić information content (AvgIpc) is 2.96. The van der Waals surface area contributed by atoms with Gasteiger partial charge in [0.2, 0.25) is 0 Å². The number of aliphatic hydroxyl groups is 1. The largest absolute Gasteiger partial charge is 0.392 e. The van der Waals surface area contributed by atoms with E-state index in [0.29, 0.717) is 6.61 Å². The molecule has 7 nitrogen and oxygen atoms in total. The van der Waals surface area contributed by atoms with E-state index in [1.807, 2.05) is 6.92 Å². The molecule has 2 heterocycles. The highest BCUT2D eigenvalue weighted by Crippen LogP contribution is 2.24. The van der Waals surface area contributed by atoms with E-state index in [2.05, 4.69) is 14.9 Å². The van der Waals surface area contributed by atoms with Gasteiger partial charge in [0.25, 0.3) is 10.0 Å². The predicted molar refractivity (Wildman–Crippen MR) is 63.3 cm³/mol. The lowest BCUT2D eigenvalue weighted by molar-refractivity contribution is 0.0250. The van der Waals surface area contributed by atoms with Crippen LogP contribution in [0.4, 0.5) is 0 Å². The second kappa shape index (κ2) is 4.96. The lowest BCUT2D eigenvalue weighted by Gasteiger charge is -2.23. The monoisotopic (exact) mass is 275 g/mol. The number of aliphatic hydroxyl groups excluding tert-OH is 1. The zero-order valence-electron chi connectivity index (χ0n) is 10.1. The average molecular weight is 275 g/mol. The number of H-pyrrole nitrogens is 1. The molecule has 1 saturated heterocycles. The van der Waals surface area contributed by atoms with Gasteiger partial charge in [-0.2, -0.15) is 5.10 Å². The first-order valence-corrected chi connectivity index (χ1v) is 7.22. The van der Waals surface area contributed by atoms with Crippen LogP contribution >= 0.6 is 0 Å². The van der Waals surface area contributed by atoms with Crippen LogP contribution in [0.25, 0.3) is 0 Å². The van der Waals surface area contributed by atoms with E-state index in [1.54, 1.807) is 0 Å². The Morgan fingerprint density at radius 2 is 2.44 bits per heavy atom. The summed E-state index contributed by atoms with van der Waals surface area (Å²) < 4.78 is 32.0. The van der Waals surface area contributed by atoms with Gasteiger partial charge in [0.1, 0.15) is 0 Å². The third-order valence-electron chi connectivity index (χ3n) is 3.05. The highest BCUT2D eigenvalue weighted by molar-refractivity contribution is 7.89. The summed E-state index contributed by atoms with van der Waals surface area (Å²) in [6, 6.07) is 0. The molecule has 1 atom stereocenters. The molecule has 0 aromatic carbocycles. The van der Waals surface area contributed by atoms with Gasteiger partial charge >= 0.3 is 0 Å². The molecule has 0 saturated carbocycles. The van der Waals surface area contributed by atoms with Crippen LogP contribution in [-0.4, -0.2) is 42.5 Å². The molecule has 1 aromatic heterocycles. The summed E-state index contributed by atoms with van der Waals surface area (Å²) >= 11 is 0. The minimum atomic E-state index is -3.69. The van der Waals surface area contributed by atoms with Gasteiger partial charge in [-0.1, -0.05) is 0 Å². The van der Waals surface area contributed by atoms with Crippen LogP contribution in [0.15, 0.2) is 11.2 Å². The smallest absolute Gasteiger partial charge is 0.257 e. The minimum Gasteiger partial charge on any atom is -0.392 e. The summed E-state index contributed by atoms with van der Waals surface area (Å²) in [7, 11) is -3.69. The van der Waals surface area contributed by atoms with Crippen LogP contribution in [0.3, 0.4) is 0 Å². The van der Waals surface area contributed by atoms with E-state index in [4.69, 9.17) is 9.84 Å².